The summed E-state index contributed by atoms with van der Waals surface area (Å²) in [5.41, 5.74) is 4.97. The fourth-order valence-electron chi connectivity index (χ4n) is 5.27. The van der Waals surface area contributed by atoms with Crippen LogP contribution in [0.5, 0.6) is 11.5 Å². The maximum atomic E-state index is 12.3. The molecule has 0 fully saturated rings. The number of hydrogen-bond acceptors (Lipinski definition) is 4. The molecule has 2 aromatic carbocycles. The molecule has 0 spiro atoms. The SMILES string of the molecule is CCCCN(C)S(=O)(=O)CCCCCCCCCCn1c(-c2ccc(OC)cc2)c(C)c2cc(OC)ccc21. The summed E-state index contributed by atoms with van der Waals surface area (Å²) < 4.78 is 39.5. The Hall–Kier alpha value is -2.51. The van der Waals surface area contributed by atoms with Crippen LogP contribution in [-0.2, 0) is 16.6 Å². The number of nitrogens with zero attached hydrogens (tertiary/aromatic N) is 2. The quantitative estimate of drug-likeness (QED) is 0.150. The fraction of sp³-hybridized carbons (Fsp3) is 0.562. The number of hydrogen-bond donors (Lipinski definition) is 0. The number of aryl methyl sites for hydroxylation is 2. The Kier molecular flexibility index (Phi) is 12.2. The van der Waals surface area contributed by atoms with Gasteiger partial charge in [-0.05, 0) is 79.8 Å². The van der Waals surface area contributed by atoms with Crippen molar-refractivity contribution in [1.29, 1.82) is 0 Å². The van der Waals surface area contributed by atoms with E-state index < -0.39 is 10.0 Å². The molecule has 6 nitrogen and oxygen atoms in total. The highest BCUT2D eigenvalue weighted by Gasteiger charge is 2.17. The van der Waals surface area contributed by atoms with Gasteiger partial charge in [0.25, 0.3) is 0 Å². The molecule has 216 valence electrons. The van der Waals surface area contributed by atoms with Crippen molar-refractivity contribution >= 4 is 20.9 Å². The summed E-state index contributed by atoms with van der Waals surface area (Å²) in [6, 6.07) is 14.7. The predicted molar refractivity (Wildman–Crippen MR) is 163 cm³/mol. The molecule has 0 saturated heterocycles. The van der Waals surface area contributed by atoms with Gasteiger partial charge in [-0.1, -0.05) is 51.9 Å². The molecule has 0 saturated carbocycles. The van der Waals surface area contributed by atoms with Gasteiger partial charge in [0, 0.05) is 31.0 Å². The maximum Gasteiger partial charge on any atom is 0.213 e. The number of methoxy groups -OCH3 is 2. The van der Waals surface area contributed by atoms with Crippen molar-refractivity contribution in [2.45, 2.75) is 84.6 Å². The molecule has 3 aromatic rings. The van der Waals surface area contributed by atoms with E-state index in [1.165, 1.54) is 57.7 Å². The lowest BCUT2D eigenvalue weighted by molar-refractivity contribution is 0.415. The highest BCUT2D eigenvalue weighted by Crippen LogP contribution is 2.36. The van der Waals surface area contributed by atoms with Crippen molar-refractivity contribution in [3.63, 3.8) is 0 Å². The van der Waals surface area contributed by atoms with E-state index in [0.717, 1.165) is 56.6 Å². The van der Waals surface area contributed by atoms with Gasteiger partial charge in [-0.3, -0.25) is 0 Å². The average Bonchev–Trinajstić information content (AvgIpc) is 3.22. The zero-order valence-electron chi connectivity index (χ0n) is 24.7. The molecule has 0 bridgehead atoms. The van der Waals surface area contributed by atoms with Crippen molar-refractivity contribution in [2.24, 2.45) is 0 Å². The minimum atomic E-state index is -3.09. The first-order chi connectivity index (χ1) is 18.8. The Morgan fingerprint density at radius 3 is 2.00 bits per heavy atom. The Bertz CT molecular complexity index is 1270. The topological polar surface area (TPSA) is 60.8 Å². The first kappa shape index (κ1) is 31.0. The lowest BCUT2D eigenvalue weighted by Crippen LogP contribution is -2.30. The van der Waals surface area contributed by atoms with Gasteiger partial charge in [0.1, 0.15) is 11.5 Å². The lowest BCUT2D eigenvalue weighted by Gasteiger charge is -2.16. The summed E-state index contributed by atoms with van der Waals surface area (Å²) in [5, 5.41) is 1.23. The molecular weight excluding hydrogens is 508 g/mol. The Morgan fingerprint density at radius 1 is 0.795 bits per heavy atom. The Morgan fingerprint density at radius 2 is 1.38 bits per heavy atom. The molecular formula is C32H48N2O4S. The zero-order chi connectivity index (χ0) is 28.3. The minimum Gasteiger partial charge on any atom is -0.497 e. The monoisotopic (exact) mass is 556 g/mol. The summed E-state index contributed by atoms with van der Waals surface area (Å²) in [4.78, 5) is 0. The third kappa shape index (κ3) is 8.49. The van der Waals surface area contributed by atoms with Gasteiger partial charge < -0.3 is 14.0 Å². The van der Waals surface area contributed by atoms with E-state index in [-0.39, 0.29) is 5.75 Å². The standard InChI is InChI=1S/C32H48N2O4S/c1-6-7-22-33(3)39(35,36)24-15-13-11-9-8-10-12-14-23-34-31-21-20-29(38-5)25-30(31)26(2)32(34)27-16-18-28(37-4)19-17-27/h16-21,25H,6-15,22-24H2,1-5H3. The highest BCUT2D eigenvalue weighted by atomic mass is 32.2. The molecule has 1 heterocycles. The van der Waals surface area contributed by atoms with E-state index in [1.807, 2.05) is 18.2 Å². The second-order valence-electron chi connectivity index (χ2n) is 10.6. The third-order valence-electron chi connectivity index (χ3n) is 7.72. The lowest BCUT2D eigenvalue weighted by atomic mass is 10.1. The molecule has 0 radical (unpaired) electrons. The second-order valence-corrected chi connectivity index (χ2v) is 12.8. The van der Waals surface area contributed by atoms with Crippen LogP contribution in [0.1, 0.15) is 76.7 Å². The fourth-order valence-corrected chi connectivity index (χ4v) is 6.56. The summed E-state index contributed by atoms with van der Waals surface area (Å²) in [6.45, 7) is 5.89. The van der Waals surface area contributed by atoms with Crippen LogP contribution in [0.4, 0.5) is 0 Å². The van der Waals surface area contributed by atoms with E-state index in [9.17, 15) is 8.42 Å². The Labute approximate surface area is 236 Å². The van der Waals surface area contributed by atoms with Crippen molar-refractivity contribution < 1.29 is 17.9 Å². The highest BCUT2D eigenvalue weighted by molar-refractivity contribution is 7.89. The molecule has 7 heteroatoms. The number of rotatable bonds is 18. The molecule has 0 atom stereocenters. The van der Waals surface area contributed by atoms with Crippen LogP contribution in [-0.4, -0.2) is 50.9 Å². The van der Waals surface area contributed by atoms with Crippen LogP contribution >= 0.6 is 0 Å². The zero-order valence-corrected chi connectivity index (χ0v) is 25.5. The Balaban J connectivity index is 1.49. The molecule has 0 amide bonds. The first-order valence-corrected chi connectivity index (χ1v) is 16.2. The molecule has 0 N–H and O–H groups in total. The number of sulfonamides is 1. The van der Waals surface area contributed by atoms with Crippen molar-refractivity contribution in [3.05, 3.63) is 48.0 Å². The number of unbranched alkanes of at least 4 members (excludes halogenated alkanes) is 8. The van der Waals surface area contributed by atoms with E-state index in [2.05, 4.69) is 42.7 Å². The number of benzene rings is 2. The second kappa shape index (κ2) is 15.3. The molecule has 0 unspecified atom stereocenters. The largest absolute Gasteiger partial charge is 0.497 e. The smallest absolute Gasteiger partial charge is 0.213 e. The van der Waals surface area contributed by atoms with Crippen molar-refractivity contribution in [3.8, 4) is 22.8 Å². The van der Waals surface area contributed by atoms with Gasteiger partial charge in [0.2, 0.25) is 10.0 Å². The predicted octanol–water partition coefficient (Wildman–Crippen LogP) is 7.82. The van der Waals surface area contributed by atoms with Crippen molar-refractivity contribution in [1.82, 2.24) is 8.87 Å². The third-order valence-corrected chi connectivity index (χ3v) is 9.66. The van der Waals surface area contributed by atoms with Crippen LogP contribution in [0, 0.1) is 6.92 Å². The van der Waals surface area contributed by atoms with Gasteiger partial charge in [0.15, 0.2) is 0 Å². The number of ether oxygens (including phenoxy) is 2. The molecule has 39 heavy (non-hydrogen) atoms. The van der Waals surface area contributed by atoms with Crippen LogP contribution < -0.4 is 9.47 Å². The van der Waals surface area contributed by atoms with Crippen LogP contribution in [0.25, 0.3) is 22.2 Å². The van der Waals surface area contributed by atoms with Gasteiger partial charge in [-0.25, -0.2) is 12.7 Å². The average molecular weight is 557 g/mol. The van der Waals surface area contributed by atoms with Gasteiger partial charge >= 0.3 is 0 Å². The maximum absolute atomic E-state index is 12.3. The summed E-state index contributed by atoms with van der Waals surface area (Å²) in [7, 11) is 2.03. The van der Waals surface area contributed by atoms with Gasteiger partial charge in [0.05, 0.1) is 25.7 Å². The first-order valence-electron chi connectivity index (χ1n) is 14.6. The van der Waals surface area contributed by atoms with E-state index in [4.69, 9.17) is 9.47 Å². The molecule has 3 rings (SSSR count). The summed E-state index contributed by atoms with van der Waals surface area (Å²) in [5.74, 6) is 2.02. The molecule has 0 aliphatic carbocycles. The molecule has 0 aliphatic heterocycles. The summed E-state index contributed by atoms with van der Waals surface area (Å²) in [6.07, 6.45) is 10.7. The minimum absolute atomic E-state index is 0.278. The van der Waals surface area contributed by atoms with E-state index in [0.29, 0.717) is 6.54 Å². The molecule has 1 aromatic heterocycles. The van der Waals surface area contributed by atoms with Gasteiger partial charge in [-0.15, -0.1) is 0 Å². The van der Waals surface area contributed by atoms with Crippen LogP contribution in [0.3, 0.4) is 0 Å². The van der Waals surface area contributed by atoms with E-state index >= 15 is 0 Å². The van der Waals surface area contributed by atoms with Crippen LogP contribution in [0.15, 0.2) is 42.5 Å². The molecule has 0 aliphatic rings. The number of aromatic nitrogens is 1. The van der Waals surface area contributed by atoms with E-state index in [1.54, 1.807) is 21.3 Å². The summed E-state index contributed by atoms with van der Waals surface area (Å²) >= 11 is 0. The normalized spacial score (nSPS) is 11.9. The van der Waals surface area contributed by atoms with Gasteiger partial charge in [-0.2, -0.15) is 0 Å². The number of fused-ring (bicyclic) bond motifs is 1. The van der Waals surface area contributed by atoms with Crippen LogP contribution in [0.2, 0.25) is 0 Å². The van der Waals surface area contributed by atoms with Crippen molar-refractivity contribution in [2.75, 3.05) is 33.6 Å².